The third kappa shape index (κ3) is 3.26. The Hall–Kier alpha value is -2.26. The molecule has 2 aromatic heterocycles. The number of aliphatic hydroxyl groups excluding tert-OH is 1. The number of nitrogens with one attached hydrogen (secondary N) is 2. The fourth-order valence-corrected chi connectivity index (χ4v) is 2.39. The van der Waals surface area contributed by atoms with Crippen LogP contribution in [0.5, 0.6) is 0 Å². The van der Waals surface area contributed by atoms with Crippen molar-refractivity contribution in [3.63, 3.8) is 0 Å². The molecule has 0 amide bonds. The normalized spacial score (nSPS) is 22.0. The van der Waals surface area contributed by atoms with Gasteiger partial charge < -0.3 is 10.4 Å². The van der Waals surface area contributed by atoms with E-state index in [-0.39, 0.29) is 18.1 Å². The van der Waals surface area contributed by atoms with Gasteiger partial charge in [0.2, 0.25) is 11.9 Å². The molecule has 0 saturated heterocycles. The van der Waals surface area contributed by atoms with Crippen molar-refractivity contribution >= 4 is 11.9 Å². The molecule has 0 aromatic carbocycles. The Morgan fingerprint density at radius 3 is 2.57 bits per heavy atom. The molecule has 9 nitrogen and oxygen atoms in total. The van der Waals surface area contributed by atoms with Gasteiger partial charge in [-0.1, -0.05) is 0 Å². The van der Waals surface area contributed by atoms with Gasteiger partial charge in [0, 0.05) is 18.4 Å². The Morgan fingerprint density at radius 1 is 1.14 bits per heavy atom. The highest BCUT2D eigenvalue weighted by atomic mass is 16.3. The monoisotopic (exact) mass is 290 g/mol. The first-order valence-electron chi connectivity index (χ1n) is 6.92. The number of anilines is 2. The number of hydrazine groups is 1. The van der Waals surface area contributed by atoms with E-state index in [1.165, 1.54) is 0 Å². The maximum Gasteiger partial charge on any atom is 0.257 e. The van der Waals surface area contributed by atoms with Gasteiger partial charge in [-0.05, 0) is 31.7 Å². The second-order valence-corrected chi connectivity index (χ2v) is 5.03. The van der Waals surface area contributed by atoms with Gasteiger partial charge in [-0.3, -0.25) is 5.43 Å². The number of aliphatic hydroxyl groups is 1. The van der Waals surface area contributed by atoms with Gasteiger partial charge in [-0.25, -0.2) is 10.5 Å². The summed E-state index contributed by atoms with van der Waals surface area (Å²) in [5, 5.41) is 16.9. The number of rotatable bonds is 4. The number of nitrogens with zero attached hydrogens (tertiary/aromatic N) is 5. The van der Waals surface area contributed by atoms with Crippen molar-refractivity contribution in [2.24, 2.45) is 5.84 Å². The highest BCUT2D eigenvalue weighted by Crippen LogP contribution is 2.21. The molecule has 2 heterocycles. The van der Waals surface area contributed by atoms with Crippen molar-refractivity contribution in [1.82, 2.24) is 24.7 Å². The zero-order valence-electron chi connectivity index (χ0n) is 11.5. The van der Waals surface area contributed by atoms with E-state index in [0.717, 1.165) is 25.7 Å². The first-order valence-corrected chi connectivity index (χ1v) is 6.92. The van der Waals surface area contributed by atoms with Crippen LogP contribution in [-0.2, 0) is 0 Å². The number of hydrogen-bond acceptors (Lipinski definition) is 8. The second kappa shape index (κ2) is 6.02. The molecule has 0 bridgehead atoms. The number of aromatic nitrogens is 5. The lowest BCUT2D eigenvalue weighted by Gasteiger charge is -2.26. The average Bonchev–Trinajstić information content (AvgIpc) is 3.04. The zero-order valence-corrected chi connectivity index (χ0v) is 11.5. The molecule has 1 saturated carbocycles. The lowest BCUT2D eigenvalue weighted by molar-refractivity contribution is 0.126. The predicted molar refractivity (Wildman–Crippen MR) is 76.6 cm³/mol. The van der Waals surface area contributed by atoms with Crippen molar-refractivity contribution in [1.29, 1.82) is 0 Å². The largest absolute Gasteiger partial charge is 0.393 e. The summed E-state index contributed by atoms with van der Waals surface area (Å²) < 4.78 is 1.54. The molecule has 0 unspecified atom stereocenters. The molecule has 1 aliphatic carbocycles. The molecule has 0 radical (unpaired) electrons. The van der Waals surface area contributed by atoms with Crippen molar-refractivity contribution in [3.05, 3.63) is 18.5 Å². The Balaban J connectivity index is 1.79. The van der Waals surface area contributed by atoms with Crippen LogP contribution in [0.2, 0.25) is 0 Å². The summed E-state index contributed by atoms with van der Waals surface area (Å²) in [6.07, 6.45) is 6.55. The third-order valence-corrected chi connectivity index (χ3v) is 3.49. The lowest BCUT2D eigenvalue weighted by atomic mass is 9.93. The van der Waals surface area contributed by atoms with E-state index in [2.05, 4.69) is 30.8 Å². The van der Waals surface area contributed by atoms with E-state index in [1.807, 2.05) is 0 Å². The predicted octanol–water partition coefficient (Wildman–Crippen LogP) is 0.0583. The van der Waals surface area contributed by atoms with Crippen LogP contribution in [0.1, 0.15) is 25.7 Å². The van der Waals surface area contributed by atoms with Crippen LogP contribution in [0.3, 0.4) is 0 Å². The maximum atomic E-state index is 9.54. The Labute approximate surface area is 121 Å². The topological polar surface area (TPSA) is 127 Å². The van der Waals surface area contributed by atoms with Crippen LogP contribution in [0.15, 0.2) is 18.5 Å². The molecular formula is C12H18N8O. The average molecular weight is 290 g/mol. The summed E-state index contributed by atoms with van der Waals surface area (Å²) in [7, 11) is 0. The van der Waals surface area contributed by atoms with Gasteiger partial charge >= 0.3 is 0 Å². The number of nitrogen functional groups attached to an aromatic ring is 1. The minimum absolute atomic E-state index is 0.192. The molecule has 112 valence electrons. The van der Waals surface area contributed by atoms with E-state index in [9.17, 15) is 5.11 Å². The highest BCUT2D eigenvalue weighted by molar-refractivity contribution is 5.37. The summed E-state index contributed by atoms with van der Waals surface area (Å²) in [4.78, 5) is 12.7. The van der Waals surface area contributed by atoms with Gasteiger partial charge in [0.15, 0.2) is 0 Å². The summed E-state index contributed by atoms with van der Waals surface area (Å²) in [5.41, 5.74) is 2.43. The van der Waals surface area contributed by atoms with Gasteiger partial charge in [0.1, 0.15) is 0 Å². The molecule has 5 N–H and O–H groups in total. The molecule has 1 aliphatic rings. The fourth-order valence-electron chi connectivity index (χ4n) is 2.39. The molecule has 0 aliphatic heterocycles. The molecular weight excluding hydrogens is 272 g/mol. The van der Waals surface area contributed by atoms with Crippen LogP contribution in [-0.4, -0.2) is 42.0 Å². The molecule has 2 aromatic rings. The summed E-state index contributed by atoms with van der Waals surface area (Å²) >= 11 is 0. The minimum atomic E-state index is -0.192. The summed E-state index contributed by atoms with van der Waals surface area (Å²) in [6, 6.07) is 2.03. The van der Waals surface area contributed by atoms with E-state index in [4.69, 9.17) is 5.84 Å². The van der Waals surface area contributed by atoms with Crippen molar-refractivity contribution in [3.8, 4) is 5.95 Å². The van der Waals surface area contributed by atoms with Crippen molar-refractivity contribution in [2.75, 3.05) is 10.7 Å². The van der Waals surface area contributed by atoms with Crippen LogP contribution in [0, 0.1) is 0 Å². The molecule has 0 spiro atoms. The minimum Gasteiger partial charge on any atom is -0.393 e. The molecule has 21 heavy (non-hydrogen) atoms. The maximum absolute atomic E-state index is 9.54. The molecule has 3 rings (SSSR count). The molecule has 1 fully saturated rings. The van der Waals surface area contributed by atoms with E-state index in [1.54, 1.807) is 23.1 Å². The first-order chi connectivity index (χ1) is 10.2. The highest BCUT2D eigenvalue weighted by Gasteiger charge is 2.20. The molecule has 9 heteroatoms. The van der Waals surface area contributed by atoms with Crippen molar-refractivity contribution in [2.45, 2.75) is 37.8 Å². The second-order valence-electron chi connectivity index (χ2n) is 5.03. The van der Waals surface area contributed by atoms with Gasteiger partial charge in [-0.2, -0.15) is 20.1 Å². The number of hydrogen-bond donors (Lipinski definition) is 4. The fraction of sp³-hybridized carbons (Fsp3) is 0.500. The quantitative estimate of drug-likeness (QED) is 0.460. The smallest absolute Gasteiger partial charge is 0.257 e. The Bertz CT molecular complexity index is 579. The first kappa shape index (κ1) is 13.7. The lowest BCUT2D eigenvalue weighted by Crippen LogP contribution is -2.29. The van der Waals surface area contributed by atoms with E-state index < -0.39 is 0 Å². The summed E-state index contributed by atoms with van der Waals surface area (Å²) in [6.45, 7) is 0. The van der Waals surface area contributed by atoms with Crippen LogP contribution >= 0.6 is 0 Å². The standard InChI is InChI=1S/C12H18N8O/c13-19-11-16-10(15-8-2-4-9(21)5-3-8)17-12(18-11)20-7-1-6-14-20/h1,6-9,21H,2-5,13H2,(H2,15,16,17,18,19). The van der Waals surface area contributed by atoms with Crippen LogP contribution in [0.25, 0.3) is 5.95 Å². The van der Waals surface area contributed by atoms with Gasteiger partial charge in [0.25, 0.3) is 5.95 Å². The molecule has 0 atom stereocenters. The zero-order chi connectivity index (χ0) is 14.7. The number of nitrogens with two attached hydrogens (primary N) is 1. The SMILES string of the molecule is NNc1nc(NC2CCC(O)CC2)nc(-n2cccn2)n1. The van der Waals surface area contributed by atoms with E-state index >= 15 is 0 Å². The van der Waals surface area contributed by atoms with Crippen LogP contribution in [0.4, 0.5) is 11.9 Å². The summed E-state index contributed by atoms with van der Waals surface area (Å²) in [5.74, 6) is 6.51. The van der Waals surface area contributed by atoms with Crippen LogP contribution < -0.4 is 16.6 Å². The Morgan fingerprint density at radius 2 is 1.90 bits per heavy atom. The third-order valence-electron chi connectivity index (χ3n) is 3.49. The van der Waals surface area contributed by atoms with Gasteiger partial charge in [-0.15, -0.1) is 0 Å². The van der Waals surface area contributed by atoms with Crippen molar-refractivity contribution < 1.29 is 5.11 Å². The van der Waals surface area contributed by atoms with E-state index in [0.29, 0.717) is 11.9 Å². The van der Waals surface area contributed by atoms with Gasteiger partial charge in [0.05, 0.1) is 6.10 Å². The Kier molecular flexibility index (Phi) is 3.93.